The topological polar surface area (TPSA) is 17.3 Å². The van der Waals surface area contributed by atoms with Crippen LogP contribution in [0.3, 0.4) is 0 Å². The second kappa shape index (κ2) is 3.90. The first-order valence-electron chi connectivity index (χ1n) is 4.25. The van der Waals surface area contributed by atoms with E-state index in [1.54, 1.807) is 6.20 Å². The zero-order valence-electron chi connectivity index (χ0n) is 7.78. The van der Waals surface area contributed by atoms with Crippen LogP contribution in [0.4, 0.5) is 0 Å². The van der Waals surface area contributed by atoms with Crippen LogP contribution >= 0.6 is 0 Å². The van der Waals surface area contributed by atoms with Crippen molar-refractivity contribution in [2.24, 2.45) is 0 Å². The Kier molecular flexibility index (Phi) is 2.86. The second-order valence-corrected chi connectivity index (χ2v) is 2.40. The lowest BCUT2D eigenvalue weighted by Gasteiger charge is -1.92. The smallest absolute Gasteiger partial charge is 0.136 e. The van der Waals surface area contributed by atoms with Crippen molar-refractivity contribution in [3.63, 3.8) is 0 Å². The molecule has 64 valence electrons. The molecule has 2 rings (SSSR count). The van der Waals surface area contributed by atoms with E-state index in [2.05, 4.69) is 24.0 Å². The maximum absolute atomic E-state index is 4.14. The van der Waals surface area contributed by atoms with Crippen LogP contribution in [0.1, 0.15) is 19.4 Å². The first kappa shape index (κ1) is 8.78. The van der Waals surface area contributed by atoms with Crippen LogP contribution in [0.25, 0.3) is 5.65 Å². The van der Waals surface area contributed by atoms with E-state index in [-0.39, 0.29) is 0 Å². The molecule has 0 atom stereocenters. The summed E-state index contributed by atoms with van der Waals surface area (Å²) in [6.45, 7) is 6.06. The Morgan fingerprint density at radius 1 is 1.25 bits per heavy atom. The van der Waals surface area contributed by atoms with Crippen LogP contribution in [-0.4, -0.2) is 9.38 Å². The molecule has 0 saturated carbocycles. The number of aryl methyl sites for hydroxylation is 1. The number of rotatable bonds is 0. The maximum atomic E-state index is 4.14. The predicted octanol–water partition coefficient (Wildman–Crippen LogP) is 2.67. The van der Waals surface area contributed by atoms with Gasteiger partial charge >= 0.3 is 0 Å². The highest BCUT2D eigenvalue weighted by molar-refractivity contribution is 5.40. The minimum atomic E-state index is 1.01. The first-order valence-corrected chi connectivity index (χ1v) is 4.25. The van der Waals surface area contributed by atoms with E-state index < -0.39 is 0 Å². The molecule has 2 aromatic rings. The summed E-state index contributed by atoms with van der Waals surface area (Å²) >= 11 is 0. The zero-order valence-corrected chi connectivity index (χ0v) is 7.78. The van der Waals surface area contributed by atoms with Gasteiger partial charge in [-0.25, -0.2) is 4.98 Å². The Labute approximate surface area is 72.9 Å². The van der Waals surface area contributed by atoms with Crippen LogP contribution in [0.2, 0.25) is 0 Å². The minimum Gasteiger partial charge on any atom is -0.307 e. The number of fused-ring (bicyclic) bond motifs is 1. The molecule has 2 nitrogen and oxygen atoms in total. The molecule has 0 amide bonds. The highest BCUT2D eigenvalue weighted by Crippen LogP contribution is 2.02. The number of pyridine rings is 1. The third-order valence-corrected chi connectivity index (χ3v) is 1.55. The molecule has 0 aliphatic rings. The fourth-order valence-corrected chi connectivity index (χ4v) is 1.01. The average molecular weight is 162 g/mol. The molecule has 0 radical (unpaired) electrons. The second-order valence-electron chi connectivity index (χ2n) is 2.40. The van der Waals surface area contributed by atoms with Crippen molar-refractivity contribution in [1.29, 1.82) is 0 Å². The van der Waals surface area contributed by atoms with Gasteiger partial charge in [0.25, 0.3) is 0 Å². The van der Waals surface area contributed by atoms with Crippen molar-refractivity contribution < 1.29 is 0 Å². The normalized spacial score (nSPS) is 9.25. The summed E-state index contributed by atoms with van der Waals surface area (Å²) in [4.78, 5) is 4.14. The van der Waals surface area contributed by atoms with Crippen molar-refractivity contribution in [3.8, 4) is 0 Å². The Balaban J connectivity index is 0.000000336. The van der Waals surface area contributed by atoms with Crippen molar-refractivity contribution in [3.05, 3.63) is 36.3 Å². The van der Waals surface area contributed by atoms with Gasteiger partial charge in [-0.3, -0.25) is 0 Å². The van der Waals surface area contributed by atoms with E-state index in [1.807, 2.05) is 30.6 Å². The Bertz CT molecular complexity index is 349. The molecule has 0 N–H and O–H groups in total. The monoisotopic (exact) mass is 162 g/mol. The van der Waals surface area contributed by atoms with Crippen molar-refractivity contribution in [2.45, 2.75) is 20.8 Å². The summed E-state index contributed by atoms with van der Waals surface area (Å²) in [5, 5.41) is 0. The molecule has 0 unspecified atom stereocenters. The van der Waals surface area contributed by atoms with Gasteiger partial charge in [0, 0.05) is 18.6 Å². The van der Waals surface area contributed by atoms with Crippen molar-refractivity contribution >= 4 is 5.65 Å². The highest BCUT2D eigenvalue weighted by Gasteiger charge is 1.90. The highest BCUT2D eigenvalue weighted by atomic mass is 15.0. The number of imidazole rings is 1. The van der Waals surface area contributed by atoms with Gasteiger partial charge in [0.1, 0.15) is 5.65 Å². The summed E-state index contributed by atoms with van der Waals surface area (Å²) in [6, 6.07) is 4.12. The van der Waals surface area contributed by atoms with Gasteiger partial charge in [-0.1, -0.05) is 13.8 Å². The van der Waals surface area contributed by atoms with Crippen LogP contribution < -0.4 is 0 Å². The lowest BCUT2D eigenvalue weighted by atomic mass is 10.3. The zero-order chi connectivity index (χ0) is 8.97. The molecule has 0 fully saturated rings. The number of hydrogen-bond donors (Lipinski definition) is 0. The summed E-state index contributed by atoms with van der Waals surface area (Å²) in [7, 11) is 0. The summed E-state index contributed by atoms with van der Waals surface area (Å²) in [5.41, 5.74) is 2.26. The molecule has 2 heterocycles. The lowest BCUT2D eigenvalue weighted by Crippen LogP contribution is -1.81. The van der Waals surface area contributed by atoms with Gasteiger partial charge in [-0.05, 0) is 24.6 Å². The van der Waals surface area contributed by atoms with Gasteiger partial charge in [0.15, 0.2) is 0 Å². The van der Waals surface area contributed by atoms with Gasteiger partial charge in [0.2, 0.25) is 0 Å². The third kappa shape index (κ3) is 1.64. The summed E-state index contributed by atoms with van der Waals surface area (Å²) < 4.78 is 1.99. The molecule has 0 saturated heterocycles. The molecule has 0 aliphatic carbocycles. The van der Waals surface area contributed by atoms with E-state index in [0.29, 0.717) is 0 Å². The van der Waals surface area contributed by atoms with Gasteiger partial charge in [-0.15, -0.1) is 0 Å². The van der Waals surface area contributed by atoms with Crippen LogP contribution in [0.15, 0.2) is 30.7 Å². The Hall–Kier alpha value is -1.31. The fraction of sp³-hybridized carbons (Fsp3) is 0.300. The lowest BCUT2D eigenvalue weighted by molar-refractivity contribution is 1.17. The van der Waals surface area contributed by atoms with Gasteiger partial charge in [0.05, 0.1) is 0 Å². The van der Waals surface area contributed by atoms with Crippen LogP contribution in [0, 0.1) is 6.92 Å². The Morgan fingerprint density at radius 3 is 2.75 bits per heavy atom. The predicted molar refractivity (Wildman–Crippen MR) is 51.3 cm³/mol. The summed E-state index contributed by atoms with van der Waals surface area (Å²) in [5.74, 6) is 0. The van der Waals surface area contributed by atoms with E-state index in [9.17, 15) is 0 Å². The van der Waals surface area contributed by atoms with Crippen molar-refractivity contribution in [1.82, 2.24) is 9.38 Å². The maximum Gasteiger partial charge on any atom is 0.136 e. The largest absolute Gasteiger partial charge is 0.307 e. The van der Waals surface area contributed by atoms with Gasteiger partial charge in [-0.2, -0.15) is 0 Å². The van der Waals surface area contributed by atoms with Crippen LogP contribution in [0.5, 0.6) is 0 Å². The molecular weight excluding hydrogens is 148 g/mol. The van der Waals surface area contributed by atoms with Crippen molar-refractivity contribution in [2.75, 3.05) is 0 Å². The SMILES string of the molecule is CC.Cc1ccn2ccnc2c1. The minimum absolute atomic E-state index is 1.01. The quantitative estimate of drug-likeness (QED) is 0.582. The average Bonchev–Trinajstić information content (AvgIpc) is 2.54. The molecule has 12 heavy (non-hydrogen) atoms. The van der Waals surface area contributed by atoms with Gasteiger partial charge < -0.3 is 4.40 Å². The third-order valence-electron chi connectivity index (χ3n) is 1.55. The molecule has 0 aliphatic heterocycles. The summed E-state index contributed by atoms with van der Waals surface area (Å²) in [6.07, 6.45) is 5.75. The molecule has 0 spiro atoms. The molecule has 0 aromatic carbocycles. The first-order chi connectivity index (χ1) is 5.86. The standard InChI is InChI=1S/C8H8N2.C2H6/c1-7-2-4-10-5-3-9-8(10)6-7;1-2/h2-6H,1H3;1-2H3. The van der Waals surface area contributed by atoms with E-state index in [0.717, 1.165) is 5.65 Å². The van der Waals surface area contributed by atoms with E-state index >= 15 is 0 Å². The molecular formula is C10H14N2. The number of aromatic nitrogens is 2. The van der Waals surface area contributed by atoms with E-state index in [4.69, 9.17) is 0 Å². The Morgan fingerprint density at radius 2 is 2.00 bits per heavy atom. The molecule has 2 aromatic heterocycles. The van der Waals surface area contributed by atoms with Crippen LogP contribution in [-0.2, 0) is 0 Å². The number of hydrogen-bond acceptors (Lipinski definition) is 1. The molecule has 2 heteroatoms. The van der Waals surface area contributed by atoms with E-state index in [1.165, 1.54) is 5.56 Å². The number of nitrogens with zero attached hydrogens (tertiary/aromatic N) is 2. The molecule has 0 bridgehead atoms. The fourth-order valence-electron chi connectivity index (χ4n) is 1.01.